The summed E-state index contributed by atoms with van der Waals surface area (Å²) in [5, 5.41) is 13.0. The second-order valence-electron chi connectivity index (χ2n) is 6.28. The number of halogens is 1. The Hall–Kier alpha value is -2.47. The molecule has 2 aromatic carbocycles. The van der Waals surface area contributed by atoms with E-state index in [1.165, 1.54) is 36.4 Å². The van der Waals surface area contributed by atoms with Crippen LogP contribution in [-0.4, -0.2) is 49.4 Å². The molecule has 0 spiro atoms. The Bertz CT molecular complexity index is 1110. The number of ether oxygens (including phenoxy) is 3. The molecular weight excluding hydrogens is 504 g/mol. The van der Waals surface area contributed by atoms with Crippen molar-refractivity contribution in [2.75, 3.05) is 27.1 Å². The third-order valence-electron chi connectivity index (χ3n) is 4.12. The summed E-state index contributed by atoms with van der Waals surface area (Å²) < 4.78 is 17.4. The van der Waals surface area contributed by atoms with Crippen molar-refractivity contribution >= 4 is 58.6 Å². The van der Waals surface area contributed by atoms with Crippen LogP contribution in [-0.2, 0) is 10.5 Å². The van der Waals surface area contributed by atoms with E-state index < -0.39 is 0 Å². The molecule has 33 heavy (non-hydrogen) atoms. The normalized spacial score (nSPS) is 10.9. The first-order chi connectivity index (χ1) is 16.0. The molecule has 0 radical (unpaired) electrons. The lowest BCUT2D eigenvalue weighted by atomic mass is 10.2. The summed E-state index contributed by atoms with van der Waals surface area (Å²) >= 11 is 10.2. The second-order valence-corrected chi connectivity index (χ2v) is 10.1. The van der Waals surface area contributed by atoms with Crippen molar-refractivity contribution in [2.24, 2.45) is 5.10 Å². The molecule has 0 unspecified atom stereocenters. The minimum absolute atomic E-state index is 0.164. The SMILES string of the molecule is COc1cc(OC)c(OC)cc1/C=N\NC(=O)CSc1nnc(SCc2ccc(Cl)cc2)s1. The lowest BCUT2D eigenvalue weighted by Crippen LogP contribution is -2.19. The monoisotopic (exact) mass is 524 g/mol. The Kier molecular flexibility index (Phi) is 9.67. The zero-order chi connectivity index (χ0) is 23.6. The molecule has 8 nitrogen and oxygen atoms in total. The van der Waals surface area contributed by atoms with E-state index in [1.807, 2.05) is 24.3 Å². The van der Waals surface area contributed by atoms with Gasteiger partial charge in [-0.2, -0.15) is 5.10 Å². The topological polar surface area (TPSA) is 94.9 Å². The van der Waals surface area contributed by atoms with Crippen molar-refractivity contribution < 1.29 is 19.0 Å². The van der Waals surface area contributed by atoms with Gasteiger partial charge in [-0.3, -0.25) is 4.79 Å². The lowest BCUT2D eigenvalue weighted by Gasteiger charge is -2.11. The van der Waals surface area contributed by atoms with Crippen LogP contribution in [0.1, 0.15) is 11.1 Å². The number of hydrazone groups is 1. The molecule has 0 atom stereocenters. The molecule has 0 bridgehead atoms. The third kappa shape index (κ3) is 7.53. The Balaban J connectivity index is 1.48. The van der Waals surface area contributed by atoms with Crippen LogP contribution >= 0.6 is 46.5 Å². The third-order valence-corrected chi connectivity index (χ3v) is 7.63. The molecule has 0 saturated carbocycles. The van der Waals surface area contributed by atoms with E-state index >= 15 is 0 Å². The molecule has 0 aliphatic carbocycles. The van der Waals surface area contributed by atoms with Crippen LogP contribution < -0.4 is 19.6 Å². The van der Waals surface area contributed by atoms with E-state index in [-0.39, 0.29) is 11.7 Å². The minimum Gasteiger partial charge on any atom is -0.496 e. The predicted molar refractivity (Wildman–Crippen MR) is 133 cm³/mol. The fourth-order valence-corrected chi connectivity index (χ4v) is 5.42. The molecule has 0 aliphatic heterocycles. The van der Waals surface area contributed by atoms with Crippen LogP contribution in [0.15, 0.2) is 50.2 Å². The Morgan fingerprint density at radius 2 is 1.67 bits per heavy atom. The highest BCUT2D eigenvalue weighted by Crippen LogP contribution is 2.34. The maximum atomic E-state index is 12.1. The number of nitrogens with one attached hydrogen (secondary N) is 1. The van der Waals surface area contributed by atoms with E-state index in [0.29, 0.717) is 32.2 Å². The molecule has 1 amide bonds. The van der Waals surface area contributed by atoms with Crippen molar-refractivity contribution in [3.63, 3.8) is 0 Å². The van der Waals surface area contributed by atoms with Gasteiger partial charge in [-0.05, 0) is 23.8 Å². The summed E-state index contributed by atoms with van der Waals surface area (Å²) in [7, 11) is 4.62. The van der Waals surface area contributed by atoms with Crippen LogP contribution in [0.5, 0.6) is 17.2 Å². The highest BCUT2D eigenvalue weighted by Gasteiger charge is 2.11. The van der Waals surface area contributed by atoms with Gasteiger partial charge in [-0.25, -0.2) is 5.43 Å². The quantitative estimate of drug-likeness (QED) is 0.218. The van der Waals surface area contributed by atoms with Crippen molar-refractivity contribution in [1.82, 2.24) is 15.6 Å². The highest BCUT2D eigenvalue weighted by atomic mass is 35.5. The summed E-state index contributed by atoms with van der Waals surface area (Å²) in [6, 6.07) is 11.1. The standard InChI is InChI=1S/C21H21ClN4O4S3/c1-28-16-9-18(30-3)17(29-2)8-14(16)10-23-24-19(27)12-32-21-26-25-20(33-21)31-11-13-4-6-15(22)7-5-13/h4-10H,11-12H2,1-3H3,(H,24,27)/b23-10-. The highest BCUT2D eigenvalue weighted by molar-refractivity contribution is 8.03. The van der Waals surface area contributed by atoms with Crippen LogP contribution in [0.4, 0.5) is 0 Å². The predicted octanol–water partition coefficient (Wildman–Crippen LogP) is 4.75. The van der Waals surface area contributed by atoms with Gasteiger partial charge in [0.15, 0.2) is 20.2 Å². The van der Waals surface area contributed by atoms with Crippen LogP contribution in [0.2, 0.25) is 5.02 Å². The number of hydrogen-bond acceptors (Lipinski definition) is 10. The molecule has 1 N–H and O–H groups in total. The number of thioether (sulfide) groups is 2. The summed E-state index contributed by atoms with van der Waals surface area (Å²) in [6.07, 6.45) is 1.49. The van der Waals surface area contributed by atoms with Gasteiger partial charge in [0.25, 0.3) is 5.91 Å². The van der Waals surface area contributed by atoms with Crippen molar-refractivity contribution in [3.05, 3.63) is 52.5 Å². The van der Waals surface area contributed by atoms with Crippen molar-refractivity contribution in [2.45, 2.75) is 14.4 Å². The van der Waals surface area contributed by atoms with Gasteiger partial charge in [0, 0.05) is 22.4 Å². The molecular formula is C21H21ClN4O4S3. The largest absolute Gasteiger partial charge is 0.496 e. The van der Waals surface area contributed by atoms with E-state index in [2.05, 4.69) is 20.7 Å². The molecule has 3 rings (SSSR count). The summed E-state index contributed by atoms with van der Waals surface area (Å²) in [6.45, 7) is 0. The van der Waals surface area contributed by atoms with Gasteiger partial charge in [0.05, 0.1) is 33.3 Å². The van der Waals surface area contributed by atoms with Crippen LogP contribution in [0.25, 0.3) is 0 Å². The molecule has 1 heterocycles. The minimum atomic E-state index is -0.263. The lowest BCUT2D eigenvalue weighted by molar-refractivity contribution is -0.118. The number of amides is 1. The summed E-state index contributed by atoms with van der Waals surface area (Å²) in [4.78, 5) is 12.1. The van der Waals surface area contributed by atoms with Gasteiger partial charge in [0.2, 0.25) is 0 Å². The van der Waals surface area contributed by atoms with Crippen LogP contribution in [0.3, 0.4) is 0 Å². The summed E-state index contributed by atoms with van der Waals surface area (Å²) in [5.41, 5.74) is 4.28. The average Bonchev–Trinajstić information content (AvgIpc) is 3.30. The zero-order valence-corrected chi connectivity index (χ0v) is 21.2. The number of carbonyl (C=O) groups is 1. The zero-order valence-electron chi connectivity index (χ0n) is 18.0. The number of aromatic nitrogens is 2. The Morgan fingerprint density at radius 3 is 2.33 bits per heavy atom. The molecule has 1 aromatic heterocycles. The molecule has 0 aliphatic rings. The van der Waals surface area contributed by atoms with Gasteiger partial charge >= 0.3 is 0 Å². The number of carbonyl (C=O) groups excluding carboxylic acids is 1. The smallest absolute Gasteiger partial charge is 0.250 e. The molecule has 0 fully saturated rings. The number of benzene rings is 2. The first kappa shape index (κ1) is 25.2. The van der Waals surface area contributed by atoms with Gasteiger partial charge in [-0.15, -0.1) is 10.2 Å². The number of nitrogens with zero attached hydrogens (tertiary/aromatic N) is 3. The average molecular weight is 525 g/mol. The molecule has 3 aromatic rings. The Morgan fingerprint density at radius 1 is 1.03 bits per heavy atom. The maximum absolute atomic E-state index is 12.1. The van der Waals surface area contributed by atoms with E-state index in [1.54, 1.807) is 38.1 Å². The second kappa shape index (κ2) is 12.7. The van der Waals surface area contributed by atoms with E-state index in [4.69, 9.17) is 25.8 Å². The van der Waals surface area contributed by atoms with E-state index in [0.717, 1.165) is 15.7 Å². The molecule has 174 valence electrons. The van der Waals surface area contributed by atoms with Gasteiger partial charge in [-0.1, -0.05) is 58.6 Å². The molecule has 12 heteroatoms. The van der Waals surface area contributed by atoms with E-state index in [9.17, 15) is 4.79 Å². The number of hydrogen-bond donors (Lipinski definition) is 1. The van der Waals surface area contributed by atoms with Gasteiger partial charge < -0.3 is 14.2 Å². The fourth-order valence-electron chi connectivity index (χ4n) is 2.53. The number of methoxy groups -OCH3 is 3. The maximum Gasteiger partial charge on any atom is 0.250 e. The van der Waals surface area contributed by atoms with Crippen molar-refractivity contribution in [1.29, 1.82) is 0 Å². The molecule has 0 saturated heterocycles. The first-order valence-corrected chi connectivity index (χ1v) is 12.6. The number of rotatable bonds is 11. The first-order valence-electron chi connectivity index (χ1n) is 9.47. The van der Waals surface area contributed by atoms with Crippen molar-refractivity contribution in [3.8, 4) is 17.2 Å². The van der Waals surface area contributed by atoms with Gasteiger partial charge in [0.1, 0.15) is 5.75 Å². The summed E-state index contributed by atoms with van der Waals surface area (Å²) in [5.74, 6) is 2.28. The fraction of sp³-hybridized carbons (Fsp3) is 0.238. The Labute approximate surface area is 209 Å². The van der Waals surface area contributed by atoms with Crippen LogP contribution in [0, 0.1) is 0 Å².